The van der Waals surface area contributed by atoms with Crippen molar-refractivity contribution in [3.8, 4) is 11.5 Å². The van der Waals surface area contributed by atoms with Crippen LogP contribution in [0.1, 0.15) is 12.5 Å². The normalized spacial score (nSPS) is 13.4. The number of amides is 2. The third-order valence-electron chi connectivity index (χ3n) is 6.03. The number of sulfonamides is 1. The van der Waals surface area contributed by atoms with Crippen LogP contribution in [0.15, 0.2) is 83.8 Å². The van der Waals surface area contributed by atoms with Crippen LogP contribution < -0.4 is 19.1 Å². The molecule has 0 aliphatic carbocycles. The summed E-state index contributed by atoms with van der Waals surface area (Å²) in [6.45, 7) is 1.94. The molecule has 0 radical (unpaired) electrons. The van der Waals surface area contributed by atoms with Gasteiger partial charge in [0.1, 0.15) is 25.8 Å². The second-order valence-corrected chi connectivity index (χ2v) is 10.3. The van der Waals surface area contributed by atoms with E-state index in [1.807, 2.05) is 30.3 Å². The first-order valence-electron chi connectivity index (χ1n) is 11.8. The van der Waals surface area contributed by atoms with E-state index in [1.54, 1.807) is 43.3 Å². The fraction of sp³-hybridized carbons (Fsp3) is 0.259. The van der Waals surface area contributed by atoms with E-state index >= 15 is 0 Å². The molecule has 37 heavy (non-hydrogen) atoms. The summed E-state index contributed by atoms with van der Waals surface area (Å²) in [6, 6.07) is 21.0. The molecule has 0 unspecified atom stereocenters. The van der Waals surface area contributed by atoms with E-state index in [1.165, 1.54) is 24.1 Å². The van der Waals surface area contributed by atoms with E-state index in [0.717, 1.165) is 9.87 Å². The molecular formula is C27H29N3O6S. The molecular weight excluding hydrogens is 494 g/mol. The second kappa shape index (κ2) is 11.3. The second-order valence-electron chi connectivity index (χ2n) is 8.45. The Morgan fingerprint density at radius 2 is 1.54 bits per heavy atom. The smallest absolute Gasteiger partial charge is 0.264 e. The first-order chi connectivity index (χ1) is 17.8. The molecule has 4 rings (SSSR count). The molecule has 0 fully saturated rings. The summed E-state index contributed by atoms with van der Waals surface area (Å²) >= 11 is 0. The lowest BCUT2D eigenvalue weighted by molar-refractivity contribution is -0.139. The van der Waals surface area contributed by atoms with E-state index in [0.29, 0.717) is 24.7 Å². The molecule has 0 saturated carbocycles. The molecule has 0 bridgehead atoms. The van der Waals surface area contributed by atoms with Crippen molar-refractivity contribution in [1.29, 1.82) is 0 Å². The minimum Gasteiger partial charge on any atom is -0.486 e. The van der Waals surface area contributed by atoms with E-state index in [9.17, 15) is 18.0 Å². The zero-order valence-corrected chi connectivity index (χ0v) is 21.5. The van der Waals surface area contributed by atoms with Gasteiger partial charge in [-0.05, 0) is 36.8 Å². The fourth-order valence-electron chi connectivity index (χ4n) is 4.01. The van der Waals surface area contributed by atoms with Crippen LogP contribution in [0.3, 0.4) is 0 Å². The molecule has 1 atom stereocenters. The molecule has 3 aromatic rings. The predicted octanol–water partition coefficient (Wildman–Crippen LogP) is 2.82. The number of rotatable bonds is 9. The van der Waals surface area contributed by atoms with Crippen LogP contribution in [-0.2, 0) is 26.2 Å². The average molecular weight is 524 g/mol. The Hall–Kier alpha value is -4.05. The highest BCUT2D eigenvalue weighted by Crippen LogP contribution is 2.35. The van der Waals surface area contributed by atoms with Gasteiger partial charge in [0, 0.05) is 19.7 Å². The Balaban J connectivity index is 1.73. The minimum absolute atomic E-state index is 0.0339. The molecule has 1 aliphatic rings. The zero-order valence-electron chi connectivity index (χ0n) is 20.7. The van der Waals surface area contributed by atoms with Gasteiger partial charge in [-0.1, -0.05) is 48.5 Å². The van der Waals surface area contributed by atoms with Crippen molar-refractivity contribution in [2.75, 3.05) is 31.1 Å². The van der Waals surface area contributed by atoms with Crippen molar-refractivity contribution in [2.45, 2.75) is 24.4 Å². The lowest BCUT2D eigenvalue weighted by atomic mass is 10.1. The molecule has 194 valence electrons. The Bertz CT molecular complexity index is 1350. The van der Waals surface area contributed by atoms with Crippen LogP contribution in [-0.4, -0.2) is 58.0 Å². The Morgan fingerprint density at radius 3 is 2.19 bits per heavy atom. The van der Waals surface area contributed by atoms with Crippen LogP contribution >= 0.6 is 0 Å². The van der Waals surface area contributed by atoms with Gasteiger partial charge < -0.3 is 19.7 Å². The summed E-state index contributed by atoms with van der Waals surface area (Å²) in [5.74, 6) is -0.00270. The Labute approximate surface area is 216 Å². The van der Waals surface area contributed by atoms with E-state index in [-0.39, 0.29) is 23.0 Å². The zero-order chi connectivity index (χ0) is 26.4. The van der Waals surface area contributed by atoms with Gasteiger partial charge >= 0.3 is 0 Å². The summed E-state index contributed by atoms with van der Waals surface area (Å²) in [6.07, 6.45) is 0. The average Bonchev–Trinajstić information content (AvgIpc) is 2.94. The number of nitrogens with one attached hydrogen (secondary N) is 1. The van der Waals surface area contributed by atoms with Gasteiger partial charge in [-0.25, -0.2) is 8.42 Å². The number of fused-ring (bicyclic) bond motifs is 1. The molecule has 1 aliphatic heterocycles. The first-order valence-corrected chi connectivity index (χ1v) is 13.3. The molecule has 0 spiro atoms. The van der Waals surface area contributed by atoms with E-state index < -0.39 is 28.5 Å². The number of carbonyl (C=O) groups excluding carboxylic acids is 2. The van der Waals surface area contributed by atoms with E-state index in [2.05, 4.69) is 5.32 Å². The van der Waals surface area contributed by atoms with Crippen molar-refractivity contribution in [1.82, 2.24) is 10.2 Å². The van der Waals surface area contributed by atoms with Gasteiger partial charge in [0.05, 0.1) is 10.6 Å². The molecule has 0 saturated heterocycles. The van der Waals surface area contributed by atoms with Gasteiger partial charge in [-0.15, -0.1) is 0 Å². The van der Waals surface area contributed by atoms with Gasteiger partial charge in [0.15, 0.2) is 11.5 Å². The number of nitrogens with zero attached hydrogens (tertiary/aromatic N) is 2. The Morgan fingerprint density at radius 1 is 0.919 bits per heavy atom. The quantitative estimate of drug-likeness (QED) is 0.463. The number of hydrogen-bond donors (Lipinski definition) is 1. The third kappa shape index (κ3) is 5.86. The number of likely N-dealkylation sites (N-methyl/N-ethyl adjacent to an activating group) is 1. The van der Waals surface area contributed by atoms with Gasteiger partial charge in [-0.3, -0.25) is 13.9 Å². The lowest BCUT2D eigenvalue weighted by Gasteiger charge is -2.32. The number of carbonyl (C=O) groups is 2. The van der Waals surface area contributed by atoms with Crippen LogP contribution in [0.4, 0.5) is 5.69 Å². The number of benzene rings is 3. The summed E-state index contributed by atoms with van der Waals surface area (Å²) in [7, 11) is -2.65. The predicted molar refractivity (Wildman–Crippen MR) is 139 cm³/mol. The highest BCUT2D eigenvalue weighted by atomic mass is 32.2. The molecule has 9 nitrogen and oxygen atoms in total. The maximum atomic E-state index is 13.8. The number of hydrogen-bond acceptors (Lipinski definition) is 6. The van der Waals surface area contributed by atoms with E-state index in [4.69, 9.17) is 9.47 Å². The van der Waals surface area contributed by atoms with Crippen molar-refractivity contribution in [3.05, 3.63) is 84.4 Å². The summed E-state index contributed by atoms with van der Waals surface area (Å²) in [4.78, 5) is 27.7. The van der Waals surface area contributed by atoms with Crippen LogP contribution in [0.25, 0.3) is 0 Å². The number of ether oxygens (including phenoxy) is 2. The van der Waals surface area contributed by atoms with Gasteiger partial charge in [0.25, 0.3) is 10.0 Å². The monoisotopic (exact) mass is 523 g/mol. The molecule has 1 heterocycles. The highest BCUT2D eigenvalue weighted by Gasteiger charge is 2.33. The third-order valence-corrected chi connectivity index (χ3v) is 7.82. The molecule has 3 aromatic carbocycles. The SMILES string of the molecule is CNC(=O)[C@H](C)N(Cc1ccccc1)C(=O)CN(c1ccc2c(c1)OCCO2)S(=O)(=O)c1ccccc1. The first kappa shape index (κ1) is 26.0. The topological polar surface area (TPSA) is 105 Å². The lowest BCUT2D eigenvalue weighted by Crippen LogP contribution is -2.50. The van der Waals surface area contributed by atoms with Crippen LogP contribution in [0.5, 0.6) is 11.5 Å². The Kier molecular flexibility index (Phi) is 7.98. The van der Waals surface area contributed by atoms with Crippen molar-refractivity contribution in [2.24, 2.45) is 0 Å². The number of anilines is 1. The summed E-state index contributed by atoms with van der Waals surface area (Å²) in [5, 5.41) is 2.57. The van der Waals surface area contributed by atoms with Crippen molar-refractivity contribution >= 4 is 27.5 Å². The highest BCUT2D eigenvalue weighted by molar-refractivity contribution is 7.92. The van der Waals surface area contributed by atoms with Crippen molar-refractivity contribution < 1.29 is 27.5 Å². The van der Waals surface area contributed by atoms with Gasteiger partial charge in [-0.2, -0.15) is 0 Å². The summed E-state index contributed by atoms with van der Waals surface area (Å²) < 4.78 is 39.8. The van der Waals surface area contributed by atoms with Crippen LogP contribution in [0, 0.1) is 0 Å². The summed E-state index contributed by atoms with van der Waals surface area (Å²) in [5.41, 5.74) is 1.05. The largest absolute Gasteiger partial charge is 0.486 e. The molecule has 10 heteroatoms. The molecule has 1 N–H and O–H groups in total. The van der Waals surface area contributed by atoms with Crippen molar-refractivity contribution in [3.63, 3.8) is 0 Å². The maximum absolute atomic E-state index is 13.8. The fourth-order valence-corrected chi connectivity index (χ4v) is 5.43. The standard InChI is InChI=1S/C27H29N3O6S/c1-20(27(32)28-2)29(18-21-9-5-3-6-10-21)26(31)19-30(37(33,34)23-11-7-4-8-12-23)22-13-14-24-25(17-22)36-16-15-35-24/h3-14,17,20H,15-16,18-19H2,1-2H3,(H,28,32)/t20-/m0/s1. The van der Waals surface area contributed by atoms with Crippen LogP contribution in [0.2, 0.25) is 0 Å². The van der Waals surface area contributed by atoms with Gasteiger partial charge in [0.2, 0.25) is 11.8 Å². The molecule has 0 aromatic heterocycles. The molecule has 2 amide bonds. The minimum atomic E-state index is -4.14. The maximum Gasteiger partial charge on any atom is 0.264 e.